The molecule has 0 bridgehead atoms. The van der Waals surface area contributed by atoms with Gasteiger partial charge in [0.25, 0.3) is 0 Å². The topological polar surface area (TPSA) is 46.5 Å². The first-order valence-corrected chi connectivity index (χ1v) is 4.29. The van der Waals surface area contributed by atoms with Crippen LogP contribution >= 0.6 is 0 Å². The molecule has 0 aliphatic heterocycles. The van der Waals surface area contributed by atoms with Crippen LogP contribution in [0.15, 0.2) is 0 Å². The van der Waals surface area contributed by atoms with Gasteiger partial charge in [-0.25, -0.2) is 0 Å². The van der Waals surface area contributed by atoms with Gasteiger partial charge < -0.3 is 9.84 Å². The highest BCUT2D eigenvalue weighted by Crippen LogP contribution is 2.48. The van der Waals surface area contributed by atoms with Gasteiger partial charge in [0.05, 0.1) is 17.6 Å². The Morgan fingerprint density at radius 3 is 2.33 bits per heavy atom. The van der Waals surface area contributed by atoms with E-state index in [1.165, 1.54) is 0 Å². The molecule has 70 valence electrons. The predicted molar refractivity (Wildman–Crippen MR) is 44.6 cm³/mol. The zero-order valence-electron chi connectivity index (χ0n) is 7.89. The van der Waals surface area contributed by atoms with Gasteiger partial charge in [-0.15, -0.1) is 0 Å². The summed E-state index contributed by atoms with van der Waals surface area (Å²) in [5, 5.41) is 9.46. The average Bonchev–Trinajstić information content (AvgIpc) is 1.83. The van der Waals surface area contributed by atoms with Gasteiger partial charge in [0.15, 0.2) is 0 Å². The van der Waals surface area contributed by atoms with Gasteiger partial charge in [-0.1, -0.05) is 0 Å². The zero-order chi connectivity index (χ0) is 9.41. The molecule has 1 rings (SSSR count). The fourth-order valence-electron chi connectivity index (χ4n) is 2.08. The number of carbonyl (C=O) groups excluding carboxylic acids is 1. The van der Waals surface area contributed by atoms with Crippen molar-refractivity contribution in [2.24, 2.45) is 5.41 Å². The zero-order valence-corrected chi connectivity index (χ0v) is 7.89. The van der Waals surface area contributed by atoms with Gasteiger partial charge in [0, 0.05) is 0 Å². The van der Waals surface area contributed by atoms with Crippen molar-refractivity contribution in [2.75, 3.05) is 6.61 Å². The van der Waals surface area contributed by atoms with E-state index in [1.54, 1.807) is 13.8 Å². The molecule has 3 nitrogen and oxygen atoms in total. The highest BCUT2D eigenvalue weighted by molar-refractivity contribution is 5.78. The van der Waals surface area contributed by atoms with Gasteiger partial charge in [-0.3, -0.25) is 4.79 Å². The van der Waals surface area contributed by atoms with E-state index in [0.29, 0.717) is 19.4 Å². The Morgan fingerprint density at radius 1 is 1.50 bits per heavy atom. The highest BCUT2D eigenvalue weighted by Gasteiger charge is 2.53. The van der Waals surface area contributed by atoms with E-state index in [9.17, 15) is 9.90 Å². The van der Waals surface area contributed by atoms with Crippen molar-refractivity contribution < 1.29 is 14.6 Å². The summed E-state index contributed by atoms with van der Waals surface area (Å²) in [5.74, 6) is -0.184. The molecule has 0 spiro atoms. The normalized spacial score (nSPS) is 40.3. The van der Waals surface area contributed by atoms with Crippen LogP contribution in [0.2, 0.25) is 0 Å². The van der Waals surface area contributed by atoms with Crippen LogP contribution in [0.5, 0.6) is 0 Å². The minimum Gasteiger partial charge on any atom is -0.466 e. The lowest BCUT2D eigenvalue weighted by molar-refractivity contribution is -0.179. The van der Waals surface area contributed by atoms with Crippen LogP contribution in [0.25, 0.3) is 0 Å². The standard InChI is InChI=1S/C9H16O3/c1-4-12-7(10)8(2)5-9(3,11)6-8/h11H,4-6H2,1-3H3. The lowest BCUT2D eigenvalue weighted by Gasteiger charge is -2.47. The molecular weight excluding hydrogens is 156 g/mol. The molecule has 0 amide bonds. The van der Waals surface area contributed by atoms with Crippen LogP contribution in [-0.2, 0) is 9.53 Å². The maximum atomic E-state index is 11.3. The summed E-state index contributed by atoms with van der Waals surface area (Å²) >= 11 is 0. The van der Waals surface area contributed by atoms with Crippen molar-refractivity contribution in [3.63, 3.8) is 0 Å². The largest absolute Gasteiger partial charge is 0.466 e. The summed E-state index contributed by atoms with van der Waals surface area (Å²) in [5.41, 5.74) is -1.11. The van der Waals surface area contributed by atoms with E-state index in [2.05, 4.69) is 0 Å². The summed E-state index contributed by atoms with van der Waals surface area (Å²) in [6.45, 7) is 5.78. The Labute approximate surface area is 72.7 Å². The molecule has 1 saturated carbocycles. The first-order chi connectivity index (χ1) is 5.40. The number of hydrogen-bond acceptors (Lipinski definition) is 3. The van der Waals surface area contributed by atoms with E-state index >= 15 is 0 Å². The molecule has 0 radical (unpaired) electrons. The van der Waals surface area contributed by atoms with Gasteiger partial charge in [0.2, 0.25) is 0 Å². The molecular formula is C9H16O3. The molecule has 0 unspecified atom stereocenters. The summed E-state index contributed by atoms with van der Waals surface area (Å²) in [4.78, 5) is 11.3. The van der Waals surface area contributed by atoms with Crippen molar-refractivity contribution in [3.8, 4) is 0 Å². The fourth-order valence-corrected chi connectivity index (χ4v) is 2.08. The summed E-state index contributed by atoms with van der Waals surface area (Å²) in [6.07, 6.45) is 1.03. The molecule has 0 saturated heterocycles. The van der Waals surface area contributed by atoms with E-state index < -0.39 is 11.0 Å². The fraction of sp³-hybridized carbons (Fsp3) is 0.889. The SMILES string of the molecule is CCOC(=O)C1(C)CC(C)(O)C1. The molecule has 12 heavy (non-hydrogen) atoms. The molecule has 0 atom stereocenters. The molecule has 1 fully saturated rings. The number of esters is 1. The molecule has 0 aromatic rings. The van der Waals surface area contributed by atoms with Crippen LogP contribution < -0.4 is 0 Å². The molecule has 0 aromatic heterocycles. The van der Waals surface area contributed by atoms with Crippen LogP contribution in [0.4, 0.5) is 0 Å². The summed E-state index contributed by atoms with van der Waals surface area (Å²) < 4.78 is 4.89. The van der Waals surface area contributed by atoms with Gasteiger partial charge >= 0.3 is 5.97 Å². The van der Waals surface area contributed by atoms with Crippen LogP contribution in [-0.4, -0.2) is 23.3 Å². The second-order valence-electron chi connectivity index (χ2n) is 4.13. The predicted octanol–water partition coefficient (Wildman–Crippen LogP) is 1.10. The summed E-state index contributed by atoms with van der Waals surface area (Å²) in [6, 6.07) is 0. The second-order valence-corrected chi connectivity index (χ2v) is 4.13. The molecule has 1 N–H and O–H groups in total. The third kappa shape index (κ3) is 1.61. The third-order valence-corrected chi connectivity index (χ3v) is 2.31. The highest BCUT2D eigenvalue weighted by atomic mass is 16.5. The number of aliphatic hydroxyl groups is 1. The molecule has 1 aliphatic carbocycles. The smallest absolute Gasteiger partial charge is 0.311 e. The maximum absolute atomic E-state index is 11.3. The van der Waals surface area contributed by atoms with Gasteiger partial charge in [0.1, 0.15) is 0 Å². The third-order valence-electron chi connectivity index (χ3n) is 2.31. The Balaban J connectivity index is 2.49. The Hall–Kier alpha value is -0.570. The minimum atomic E-state index is -0.665. The first-order valence-electron chi connectivity index (χ1n) is 4.29. The quantitative estimate of drug-likeness (QED) is 0.634. The van der Waals surface area contributed by atoms with Crippen molar-refractivity contribution in [1.82, 2.24) is 0 Å². The minimum absolute atomic E-state index is 0.184. The lowest BCUT2D eigenvalue weighted by Crippen LogP contribution is -2.52. The first kappa shape index (κ1) is 9.52. The van der Waals surface area contributed by atoms with Crippen molar-refractivity contribution >= 4 is 5.97 Å². The Morgan fingerprint density at radius 2 is 2.00 bits per heavy atom. The Bertz CT molecular complexity index is 188. The number of carbonyl (C=O) groups is 1. The number of ether oxygens (including phenoxy) is 1. The second kappa shape index (κ2) is 2.73. The van der Waals surface area contributed by atoms with Gasteiger partial charge in [-0.05, 0) is 33.6 Å². The molecule has 1 aliphatic rings. The van der Waals surface area contributed by atoms with Crippen molar-refractivity contribution in [3.05, 3.63) is 0 Å². The number of rotatable bonds is 2. The van der Waals surface area contributed by atoms with Crippen LogP contribution in [0.1, 0.15) is 33.6 Å². The number of hydrogen-bond donors (Lipinski definition) is 1. The van der Waals surface area contributed by atoms with Crippen molar-refractivity contribution in [1.29, 1.82) is 0 Å². The molecule has 0 aromatic carbocycles. The van der Waals surface area contributed by atoms with E-state index in [1.807, 2.05) is 6.92 Å². The van der Waals surface area contributed by atoms with E-state index in [4.69, 9.17) is 4.74 Å². The monoisotopic (exact) mass is 172 g/mol. The average molecular weight is 172 g/mol. The lowest BCUT2D eigenvalue weighted by atomic mass is 9.61. The molecule has 3 heteroatoms. The maximum Gasteiger partial charge on any atom is 0.311 e. The van der Waals surface area contributed by atoms with E-state index in [-0.39, 0.29) is 5.97 Å². The summed E-state index contributed by atoms with van der Waals surface area (Å²) in [7, 11) is 0. The Kier molecular flexibility index (Phi) is 2.17. The van der Waals surface area contributed by atoms with Crippen LogP contribution in [0.3, 0.4) is 0 Å². The van der Waals surface area contributed by atoms with Gasteiger partial charge in [-0.2, -0.15) is 0 Å². The van der Waals surface area contributed by atoms with E-state index in [0.717, 1.165) is 0 Å². The van der Waals surface area contributed by atoms with Crippen molar-refractivity contribution in [2.45, 2.75) is 39.2 Å². The van der Waals surface area contributed by atoms with Crippen LogP contribution in [0, 0.1) is 5.41 Å². The molecule has 0 heterocycles.